The Kier molecular flexibility index (Phi) is 8.93. The van der Waals surface area contributed by atoms with Gasteiger partial charge in [0.25, 0.3) is 0 Å². The van der Waals surface area contributed by atoms with Gasteiger partial charge in [-0.3, -0.25) is 0 Å². The summed E-state index contributed by atoms with van der Waals surface area (Å²) < 4.78 is 0. The predicted octanol–water partition coefficient (Wildman–Crippen LogP) is 10.4. The van der Waals surface area contributed by atoms with E-state index in [-0.39, 0.29) is 0 Å². The molecule has 50 heavy (non-hydrogen) atoms. The summed E-state index contributed by atoms with van der Waals surface area (Å²) in [6.07, 6.45) is 0. The number of aryl methyl sites for hydroxylation is 4. The highest BCUT2D eigenvalue weighted by molar-refractivity contribution is 7.81. The molecule has 0 spiro atoms. The van der Waals surface area contributed by atoms with E-state index in [1.54, 1.807) is 0 Å². The van der Waals surface area contributed by atoms with Gasteiger partial charge in [-0.2, -0.15) is 0 Å². The zero-order valence-electron chi connectivity index (χ0n) is 29.1. The van der Waals surface area contributed by atoms with E-state index in [0.29, 0.717) is 0 Å². The van der Waals surface area contributed by atoms with Crippen molar-refractivity contribution in [1.29, 1.82) is 0 Å². The van der Waals surface area contributed by atoms with Crippen LogP contribution in [0.2, 0.25) is 0 Å². The third-order valence-electron chi connectivity index (χ3n) is 9.97. The first-order chi connectivity index (χ1) is 24.5. The standard InChI is InChI=1S/C48H40P2/c1-33-17-5-13-25-41(33)49(42-26-14-6-18-34(42)2)45-31-29-37-21-9-11-23-39(37)47(45)48-40-24-12-10-22-38(40)30-32-46(48)50(43-27-15-7-19-35(43)3)44-28-16-8-20-36(44)4/h5-32H,1-4H3. The largest absolute Gasteiger partial charge is 0.0620 e. The molecule has 0 nitrogen and oxygen atoms in total. The summed E-state index contributed by atoms with van der Waals surface area (Å²) >= 11 is 0. The van der Waals surface area contributed by atoms with Crippen LogP contribution in [0.3, 0.4) is 0 Å². The second kappa shape index (κ2) is 13.8. The highest BCUT2D eigenvalue weighted by Crippen LogP contribution is 2.46. The molecule has 0 aliphatic rings. The molecule has 242 valence electrons. The number of fused-ring (bicyclic) bond motifs is 2. The van der Waals surface area contributed by atoms with Gasteiger partial charge in [0.05, 0.1) is 0 Å². The minimum absolute atomic E-state index is 0.906. The van der Waals surface area contributed by atoms with Crippen LogP contribution in [-0.2, 0) is 0 Å². The lowest BCUT2D eigenvalue weighted by Gasteiger charge is -2.30. The van der Waals surface area contributed by atoms with Crippen LogP contribution in [-0.4, -0.2) is 0 Å². The molecule has 2 heteroatoms. The Morgan fingerprint density at radius 3 is 0.860 bits per heavy atom. The molecule has 0 aliphatic heterocycles. The maximum absolute atomic E-state index is 2.46. The van der Waals surface area contributed by atoms with Crippen LogP contribution < -0.4 is 31.8 Å². The Morgan fingerprint density at radius 2 is 0.540 bits per heavy atom. The van der Waals surface area contributed by atoms with Gasteiger partial charge in [0.2, 0.25) is 0 Å². The van der Waals surface area contributed by atoms with Gasteiger partial charge >= 0.3 is 0 Å². The summed E-state index contributed by atoms with van der Waals surface area (Å²) in [5.74, 6) is 0. The Balaban J connectivity index is 1.56. The Hall–Kier alpha value is -4.86. The molecule has 0 fully saturated rings. The molecule has 0 aromatic heterocycles. The summed E-state index contributed by atoms with van der Waals surface area (Å²) in [4.78, 5) is 0. The molecule has 0 N–H and O–H groups in total. The van der Waals surface area contributed by atoms with E-state index in [1.165, 1.54) is 86.8 Å². The second-order valence-corrected chi connectivity index (χ2v) is 17.4. The first-order valence-electron chi connectivity index (χ1n) is 17.4. The van der Waals surface area contributed by atoms with E-state index in [0.717, 1.165) is 0 Å². The van der Waals surface area contributed by atoms with Gasteiger partial charge in [-0.1, -0.05) is 170 Å². The van der Waals surface area contributed by atoms with Crippen LogP contribution in [0.1, 0.15) is 22.3 Å². The van der Waals surface area contributed by atoms with Crippen molar-refractivity contribution in [2.75, 3.05) is 0 Å². The highest BCUT2D eigenvalue weighted by Gasteiger charge is 2.30. The number of benzene rings is 8. The number of hydrogen-bond acceptors (Lipinski definition) is 0. The zero-order chi connectivity index (χ0) is 34.2. The van der Waals surface area contributed by atoms with Gasteiger partial charge < -0.3 is 0 Å². The molecule has 0 saturated carbocycles. The molecule has 0 bridgehead atoms. The number of hydrogen-bond donors (Lipinski definition) is 0. The van der Waals surface area contributed by atoms with Crippen molar-refractivity contribution in [3.05, 3.63) is 192 Å². The molecule has 0 radical (unpaired) electrons. The van der Waals surface area contributed by atoms with Crippen molar-refractivity contribution >= 4 is 69.2 Å². The van der Waals surface area contributed by atoms with Crippen LogP contribution in [0.5, 0.6) is 0 Å². The summed E-state index contributed by atoms with van der Waals surface area (Å²) in [5.41, 5.74) is 8.06. The molecular weight excluding hydrogens is 638 g/mol. The van der Waals surface area contributed by atoms with Crippen molar-refractivity contribution in [2.24, 2.45) is 0 Å². The lowest BCUT2D eigenvalue weighted by Crippen LogP contribution is -2.28. The van der Waals surface area contributed by atoms with Gasteiger partial charge in [0.1, 0.15) is 0 Å². The Morgan fingerprint density at radius 1 is 0.260 bits per heavy atom. The normalized spacial score (nSPS) is 11.6. The average molecular weight is 679 g/mol. The van der Waals surface area contributed by atoms with E-state index in [4.69, 9.17) is 0 Å². The van der Waals surface area contributed by atoms with Crippen molar-refractivity contribution in [1.82, 2.24) is 0 Å². The van der Waals surface area contributed by atoms with E-state index in [9.17, 15) is 0 Å². The summed E-state index contributed by atoms with van der Waals surface area (Å²) in [6, 6.07) is 63.8. The molecule has 0 heterocycles. The Bertz CT molecular complexity index is 2240. The minimum atomic E-state index is -0.906. The predicted molar refractivity (Wildman–Crippen MR) is 223 cm³/mol. The molecule has 0 unspecified atom stereocenters. The van der Waals surface area contributed by atoms with Gasteiger partial charge in [0, 0.05) is 0 Å². The molecule has 8 aromatic rings. The lowest BCUT2D eigenvalue weighted by molar-refractivity contribution is 1.50. The maximum Gasteiger partial charge on any atom is -0.000883 e. The SMILES string of the molecule is Cc1ccccc1P(c1ccccc1C)c1ccc2ccccc2c1-c1c(P(c2ccccc2C)c2ccccc2C)ccc2ccccc12. The van der Waals surface area contributed by atoms with Crippen molar-refractivity contribution in [3.63, 3.8) is 0 Å². The molecular formula is C48H40P2. The smallest absolute Gasteiger partial charge is 0.000883 e. The summed E-state index contributed by atoms with van der Waals surface area (Å²) in [5, 5.41) is 13.6. The van der Waals surface area contributed by atoms with Crippen molar-refractivity contribution < 1.29 is 0 Å². The van der Waals surface area contributed by atoms with E-state index < -0.39 is 15.8 Å². The van der Waals surface area contributed by atoms with Crippen LogP contribution in [0.15, 0.2) is 170 Å². The van der Waals surface area contributed by atoms with Crippen LogP contribution in [0, 0.1) is 27.7 Å². The average Bonchev–Trinajstić information content (AvgIpc) is 3.14. The van der Waals surface area contributed by atoms with Crippen LogP contribution in [0.4, 0.5) is 0 Å². The van der Waals surface area contributed by atoms with E-state index in [2.05, 4.69) is 198 Å². The monoisotopic (exact) mass is 678 g/mol. The third-order valence-corrected chi connectivity index (χ3v) is 15.6. The quantitative estimate of drug-likeness (QED) is 0.147. The molecule has 0 amide bonds. The van der Waals surface area contributed by atoms with E-state index >= 15 is 0 Å². The topological polar surface area (TPSA) is 0 Å². The number of rotatable bonds is 7. The maximum atomic E-state index is 2.46. The fourth-order valence-electron chi connectivity index (χ4n) is 7.45. The summed E-state index contributed by atoms with van der Waals surface area (Å²) in [6.45, 7) is 9.12. The van der Waals surface area contributed by atoms with Gasteiger partial charge in [0.15, 0.2) is 0 Å². The molecule has 8 aromatic carbocycles. The minimum Gasteiger partial charge on any atom is -0.0620 e. The van der Waals surface area contributed by atoms with Gasteiger partial charge in [-0.15, -0.1) is 0 Å². The third kappa shape index (κ3) is 5.78. The van der Waals surface area contributed by atoms with Crippen LogP contribution >= 0.6 is 15.8 Å². The first kappa shape index (κ1) is 32.4. The van der Waals surface area contributed by atoms with Crippen LogP contribution in [0.25, 0.3) is 32.7 Å². The Labute approximate surface area is 299 Å². The highest BCUT2D eigenvalue weighted by atomic mass is 31.1. The molecule has 8 rings (SSSR count). The molecule has 0 aliphatic carbocycles. The molecule has 0 saturated heterocycles. The molecule has 0 atom stereocenters. The fraction of sp³-hybridized carbons (Fsp3) is 0.0833. The van der Waals surface area contributed by atoms with Crippen molar-refractivity contribution in [2.45, 2.75) is 27.7 Å². The van der Waals surface area contributed by atoms with Gasteiger partial charge in [-0.05, 0) is 130 Å². The van der Waals surface area contributed by atoms with Crippen molar-refractivity contribution in [3.8, 4) is 11.1 Å². The van der Waals surface area contributed by atoms with Gasteiger partial charge in [-0.25, -0.2) is 0 Å². The lowest BCUT2D eigenvalue weighted by atomic mass is 9.93. The summed E-state index contributed by atoms with van der Waals surface area (Å²) in [7, 11) is -1.81. The van der Waals surface area contributed by atoms with E-state index in [1.807, 2.05) is 0 Å². The second-order valence-electron chi connectivity index (χ2n) is 13.2. The first-order valence-corrected chi connectivity index (χ1v) is 20.1. The zero-order valence-corrected chi connectivity index (χ0v) is 30.8. The fourth-order valence-corrected chi connectivity index (χ4v) is 13.0.